The van der Waals surface area contributed by atoms with E-state index >= 15 is 0 Å². The van der Waals surface area contributed by atoms with E-state index in [4.69, 9.17) is 9.84 Å². The fourth-order valence-electron chi connectivity index (χ4n) is 4.89. The molecule has 6 rings (SSSR count). The summed E-state index contributed by atoms with van der Waals surface area (Å²) in [6, 6.07) is 15.9. The first-order chi connectivity index (χ1) is 18.1. The Hall–Kier alpha value is -4.40. The van der Waals surface area contributed by atoms with Crippen LogP contribution in [0.1, 0.15) is 44.8 Å². The second-order valence-electron chi connectivity index (χ2n) is 9.58. The molecule has 1 fully saturated rings. The number of rotatable bonds is 8. The summed E-state index contributed by atoms with van der Waals surface area (Å²) in [6.45, 7) is 1.32. The van der Waals surface area contributed by atoms with Crippen molar-refractivity contribution in [2.45, 2.75) is 31.8 Å². The van der Waals surface area contributed by atoms with Gasteiger partial charge >= 0.3 is 0 Å². The van der Waals surface area contributed by atoms with Crippen molar-refractivity contribution in [1.82, 2.24) is 19.9 Å². The molecule has 0 unspecified atom stereocenters. The summed E-state index contributed by atoms with van der Waals surface area (Å²) in [5.74, 6) is 1.33. The van der Waals surface area contributed by atoms with E-state index < -0.39 is 0 Å². The Bertz CT molecular complexity index is 1490. The van der Waals surface area contributed by atoms with Crippen molar-refractivity contribution in [2.24, 2.45) is 0 Å². The highest BCUT2D eigenvalue weighted by molar-refractivity contribution is 5.94. The van der Waals surface area contributed by atoms with Crippen LogP contribution in [0.25, 0.3) is 5.65 Å². The fraction of sp³-hybridized carbons (Fsp3) is 0.286. The molecule has 0 atom stereocenters. The average molecular weight is 497 g/mol. The first kappa shape index (κ1) is 23.0. The van der Waals surface area contributed by atoms with Crippen LogP contribution in [0.5, 0.6) is 5.75 Å². The van der Waals surface area contributed by atoms with Crippen LogP contribution in [0, 0.1) is 0 Å². The third-order valence-corrected chi connectivity index (χ3v) is 7.04. The Morgan fingerprint density at radius 2 is 2.03 bits per heavy atom. The Kier molecular flexibility index (Phi) is 5.75. The van der Waals surface area contributed by atoms with Gasteiger partial charge in [0.2, 0.25) is 0 Å². The summed E-state index contributed by atoms with van der Waals surface area (Å²) in [6.07, 6.45) is 5.25. The molecule has 37 heavy (non-hydrogen) atoms. The van der Waals surface area contributed by atoms with Gasteiger partial charge in [-0.15, -0.1) is 5.10 Å². The maximum Gasteiger partial charge on any atom is 0.271 e. The van der Waals surface area contributed by atoms with Gasteiger partial charge in [-0.2, -0.15) is 0 Å². The zero-order valence-electron chi connectivity index (χ0n) is 20.8. The van der Waals surface area contributed by atoms with Crippen LogP contribution in [0.3, 0.4) is 0 Å². The van der Waals surface area contributed by atoms with Crippen LogP contribution < -0.4 is 19.9 Å². The number of nitrogens with one attached hydrogen (secondary N) is 1. The molecule has 1 aliphatic heterocycles. The molecule has 188 valence electrons. The van der Waals surface area contributed by atoms with E-state index in [9.17, 15) is 9.59 Å². The molecule has 4 aromatic rings. The van der Waals surface area contributed by atoms with Crippen molar-refractivity contribution in [3.05, 3.63) is 77.1 Å². The topological polar surface area (TPSA) is 92.1 Å². The van der Waals surface area contributed by atoms with Crippen molar-refractivity contribution < 1.29 is 14.3 Å². The van der Waals surface area contributed by atoms with Crippen LogP contribution in [0.2, 0.25) is 0 Å². The molecule has 2 aliphatic rings. The van der Waals surface area contributed by atoms with Gasteiger partial charge < -0.3 is 19.9 Å². The smallest absolute Gasteiger partial charge is 0.271 e. The van der Waals surface area contributed by atoms with E-state index in [1.807, 2.05) is 55.6 Å². The summed E-state index contributed by atoms with van der Waals surface area (Å²) < 4.78 is 6.94. The predicted octanol–water partition coefficient (Wildman–Crippen LogP) is 3.77. The van der Waals surface area contributed by atoms with Crippen LogP contribution in [-0.4, -0.2) is 53.5 Å². The lowest BCUT2D eigenvalue weighted by Gasteiger charge is -2.24. The minimum atomic E-state index is -0.173. The van der Waals surface area contributed by atoms with Crippen molar-refractivity contribution in [2.75, 3.05) is 30.5 Å². The highest BCUT2D eigenvalue weighted by atomic mass is 16.5. The number of imidazole rings is 1. The average Bonchev–Trinajstić information content (AvgIpc) is 3.45. The lowest BCUT2D eigenvalue weighted by molar-refractivity contribution is 0.0943. The third-order valence-electron chi connectivity index (χ3n) is 7.04. The number of hydrogen-bond acceptors (Lipinski definition) is 7. The molecular weight excluding hydrogens is 468 g/mol. The van der Waals surface area contributed by atoms with E-state index in [0.717, 1.165) is 53.8 Å². The number of carbonyl (C=O) groups is 2. The quantitative estimate of drug-likeness (QED) is 0.371. The van der Waals surface area contributed by atoms with Crippen LogP contribution >= 0.6 is 0 Å². The van der Waals surface area contributed by atoms with E-state index in [-0.39, 0.29) is 11.9 Å². The minimum absolute atomic E-state index is 0.173. The van der Waals surface area contributed by atoms with Crippen molar-refractivity contribution in [1.29, 1.82) is 0 Å². The summed E-state index contributed by atoms with van der Waals surface area (Å²) in [7, 11) is 3.66. The number of carbonyl (C=O) groups excluding carboxylic acids is 2. The summed E-state index contributed by atoms with van der Waals surface area (Å²) >= 11 is 0. The van der Waals surface area contributed by atoms with Gasteiger partial charge in [0.15, 0.2) is 17.2 Å². The molecule has 9 nitrogen and oxygen atoms in total. The molecule has 0 bridgehead atoms. The Balaban J connectivity index is 1.43. The van der Waals surface area contributed by atoms with Gasteiger partial charge in [0, 0.05) is 43.5 Å². The number of ether oxygens (including phenoxy) is 1. The van der Waals surface area contributed by atoms with Gasteiger partial charge in [0.1, 0.15) is 12.0 Å². The van der Waals surface area contributed by atoms with Gasteiger partial charge in [0.05, 0.1) is 19.0 Å². The Morgan fingerprint density at radius 1 is 1.22 bits per heavy atom. The number of hydrogen-bond donors (Lipinski definition) is 1. The summed E-state index contributed by atoms with van der Waals surface area (Å²) in [4.78, 5) is 33.5. The molecule has 1 amide bonds. The Morgan fingerprint density at radius 3 is 2.76 bits per heavy atom. The summed E-state index contributed by atoms with van der Waals surface area (Å²) in [5, 5.41) is 7.93. The van der Waals surface area contributed by atoms with Gasteiger partial charge in [-0.1, -0.05) is 24.3 Å². The standard InChI is InChI=1S/C28H28N6O3/c1-32(16-18-6-10-21(37-2)11-7-18)24-14-26(33-13-12-22-19(17-35)4-3-5-23(22)33)31-34-25(15-29-27(24)34)28(36)30-20-8-9-20/h3-7,10-11,14-15,17,20H,8-9,12-13,16H2,1-2H3,(H,30,36). The maximum absolute atomic E-state index is 13.0. The van der Waals surface area contributed by atoms with E-state index in [1.165, 1.54) is 0 Å². The SMILES string of the molecule is COc1ccc(CN(C)c2cc(N3CCc4c(C=O)cccc43)nn3c(C(=O)NC4CC4)cnc23)cc1. The number of nitrogens with zero attached hydrogens (tertiary/aromatic N) is 5. The number of aromatic nitrogens is 3. The zero-order valence-corrected chi connectivity index (χ0v) is 20.8. The lowest BCUT2D eigenvalue weighted by atomic mass is 10.1. The van der Waals surface area contributed by atoms with Gasteiger partial charge in [0.25, 0.3) is 5.91 Å². The van der Waals surface area contributed by atoms with Crippen LogP contribution in [-0.2, 0) is 13.0 Å². The number of methoxy groups -OCH3 is 1. The zero-order chi connectivity index (χ0) is 25.5. The monoisotopic (exact) mass is 496 g/mol. The first-order valence-electron chi connectivity index (χ1n) is 12.4. The van der Waals surface area contributed by atoms with Crippen LogP contribution in [0.4, 0.5) is 17.2 Å². The second-order valence-corrected chi connectivity index (χ2v) is 9.58. The Labute approximate surface area is 214 Å². The molecule has 1 aliphatic carbocycles. The number of amides is 1. The minimum Gasteiger partial charge on any atom is -0.497 e. The van der Waals surface area contributed by atoms with Crippen molar-refractivity contribution in [3.63, 3.8) is 0 Å². The lowest BCUT2D eigenvalue weighted by Crippen LogP contribution is -2.27. The largest absolute Gasteiger partial charge is 0.497 e. The van der Waals surface area contributed by atoms with Gasteiger partial charge in [-0.25, -0.2) is 9.50 Å². The number of fused-ring (bicyclic) bond motifs is 2. The maximum atomic E-state index is 13.0. The molecule has 2 aromatic heterocycles. The molecule has 0 spiro atoms. The number of anilines is 3. The van der Waals surface area contributed by atoms with E-state index in [1.54, 1.807) is 17.8 Å². The normalized spacial score (nSPS) is 14.5. The second kappa shape index (κ2) is 9.24. The molecule has 1 saturated carbocycles. The molecule has 3 heterocycles. The van der Waals surface area contributed by atoms with Crippen molar-refractivity contribution in [3.8, 4) is 5.75 Å². The molecule has 2 aromatic carbocycles. The molecule has 0 saturated heterocycles. The molecule has 0 radical (unpaired) electrons. The molecule has 1 N–H and O–H groups in total. The predicted molar refractivity (Wildman–Crippen MR) is 141 cm³/mol. The highest BCUT2D eigenvalue weighted by Gasteiger charge is 2.29. The van der Waals surface area contributed by atoms with Crippen molar-refractivity contribution >= 4 is 35.0 Å². The number of aldehydes is 1. The van der Waals surface area contributed by atoms with Gasteiger partial charge in [-0.05, 0) is 48.6 Å². The highest BCUT2D eigenvalue weighted by Crippen LogP contribution is 2.37. The summed E-state index contributed by atoms with van der Waals surface area (Å²) in [5.41, 5.74) is 5.66. The van der Waals surface area contributed by atoms with Crippen LogP contribution in [0.15, 0.2) is 54.7 Å². The fourth-order valence-corrected chi connectivity index (χ4v) is 4.89. The first-order valence-corrected chi connectivity index (χ1v) is 12.4. The molecule has 9 heteroatoms. The van der Waals surface area contributed by atoms with E-state index in [2.05, 4.69) is 20.1 Å². The van der Waals surface area contributed by atoms with E-state index in [0.29, 0.717) is 35.8 Å². The number of benzene rings is 2. The van der Waals surface area contributed by atoms with Gasteiger partial charge in [-0.3, -0.25) is 9.59 Å². The third kappa shape index (κ3) is 4.26. The molecular formula is C28H28N6O3.